The number of ether oxygens (including phenoxy) is 1. The minimum absolute atomic E-state index is 0.00884. The van der Waals surface area contributed by atoms with Crippen LogP contribution in [0.2, 0.25) is 9.36 Å². The molecule has 12 heteroatoms. The van der Waals surface area contributed by atoms with Crippen molar-refractivity contribution in [2.75, 3.05) is 24.9 Å². The SMILES string of the molecule is CN1CCC(Oc2cc(NS(=O)(=O)c3cc(-c4ccccc4C(F)(F)F)c(Cl)s3)ccc2Cl)C1. The molecular formula is C22H19Cl2F3N2O3S2. The molecule has 2 aromatic carbocycles. The second kappa shape index (κ2) is 9.58. The Morgan fingerprint density at radius 3 is 2.53 bits per heavy atom. The third-order valence-electron chi connectivity index (χ3n) is 5.28. The van der Waals surface area contributed by atoms with Crippen LogP contribution in [0.25, 0.3) is 11.1 Å². The Morgan fingerprint density at radius 2 is 1.85 bits per heavy atom. The first-order chi connectivity index (χ1) is 15.9. The van der Waals surface area contributed by atoms with Crippen molar-refractivity contribution in [1.82, 2.24) is 4.90 Å². The number of likely N-dealkylation sites (N-methyl/N-ethyl adjacent to an activating group) is 1. The third-order valence-corrected chi connectivity index (χ3v) is 8.80. The summed E-state index contributed by atoms with van der Waals surface area (Å²) in [5, 5.41) is 0.336. The molecule has 2 heterocycles. The highest BCUT2D eigenvalue weighted by atomic mass is 35.5. The number of benzene rings is 2. The van der Waals surface area contributed by atoms with Crippen LogP contribution in [-0.4, -0.2) is 39.6 Å². The Morgan fingerprint density at radius 1 is 1.12 bits per heavy atom. The lowest BCUT2D eigenvalue weighted by atomic mass is 10.0. The van der Waals surface area contributed by atoms with Gasteiger partial charge in [-0.25, -0.2) is 8.42 Å². The van der Waals surface area contributed by atoms with Crippen molar-refractivity contribution >= 4 is 50.2 Å². The molecule has 1 fully saturated rings. The van der Waals surface area contributed by atoms with Gasteiger partial charge in [0.2, 0.25) is 0 Å². The molecule has 1 saturated heterocycles. The van der Waals surface area contributed by atoms with E-state index < -0.39 is 21.8 Å². The predicted molar refractivity (Wildman–Crippen MR) is 129 cm³/mol. The Labute approximate surface area is 209 Å². The summed E-state index contributed by atoms with van der Waals surface area (Å²) in [6, 6.07) is 10.5. The van der Waals surface area contributed by atoms with Crippen molar-refractivity contribution in [3.05, 3.63) is 63.5 Å². The Balaban J connectivity index is 1.61. The fourth-order valence-corrected chi connectivity index (χ4v) is 6.62. The summed E-state index contributed by atoms with van der Waals surface area (Å²) in [6.45, 7) is 1.61. The number of anilines is 1. The number of rotatable bonds is 6. The normalized spacial score (nSPS) is 17.2. The maximum Gasteiger partial charge on any atom is 0.417 e. The average Bonchev–Trinajstić information content (AvgIpc) is 3.35. The van der Waals surface area contributed by atoms with Gasteiger partial charge in [-0.2, -0.15) is 13.2 Å². The number of nitrogens with one attached hydrogen (secondary N) is 1. The van der Waals surface area contributed by atoms with Crippen molar-refractivity contribution in [2.45, 2.75) is 22.9 Å². The largest absolute Gasteiger partial charge is 0.487 e. The second-order valence-electron chi connectivity index (χ2n) is 7.84. The summed E-state index contributed by atoms with van der Waals surface area (Å²) in [4.78, 5) is 2.11. The number of hydrogen-bond acceptors (Lipinski definition) is 5. The average molecular weight is 551 g/mol. The van der Waals surface area contributed by atoms with E-state index in [4.69, 9.17) is 27.9 Å². The van der Waals surface area contributed by atoms with Gasteiger partial charge in [-0.15, -0.1) is 11.3 Å². The fourth-order valence-electron chi connectivity index (χ4n) is 3.66. The van der Waals surface area contributed by atoms with Gasteiger partial charge in [0.1, 0.15) is 20.4 Å². The second-order valence-corrected chi connectivity index (χ2v) is 11.8. The molecule has 0 amide bonds. The van der Waals surface area contributed by atoms with Crippen molar-refractivity contribution in [3.63, 3.8) is 0 Å². The van der Waals surface area contributed by atoms with Gasteiger partial charge in [-0.3, -0.25) is 4.72 Å². The standard InChI is InChI=1S/C22H19Cl2F3N2O3S2/c1-29-9-8-14(12-29)32-19-10-13(6-7-18(19)23)28-34(30,31)20-11-16(21(24)33-20)15-4-2-3-5-17(15)22(25,26)27/h2-7,10-11,14,28H,8-9,12H2,1H3. The molecule has 0 radical (unpaired) electrons. The van der Waals surface area contributed by atoms with Gasteiger partial charge in [0.15, 0.2) is 0 Å². The van der Waals surface area contributed by atoms with E-state index in [1.807, 2.05) is 7.05 Å². The molecular weight excluding hydrogens is 532 g/mol. The fraction of sp³-hybridized carbons (Fsp3) is 0.273. The van der Waals surface area contributed by atoms with Gasteiger partial charge in [-0.05, 0) is 43.3 Å². The van der Waals surface area contributed by atoms with Gasteiger partial charge >= 0.3 is 6.18 Å². The van der Waals surface area contributed by atoms with E-state index in [1.165, 1.54) is 36.4 Å². The van der Waals surface area contributed by atoms with Gasteiger partial charge in [0, 0.05) is 24.7 Å². The van der Waals surface area contributed by atoms with Crippen LogP contribution in [0, 0.1) is 0 Å². The van der Waals surface area contributed by atoms with E-state index in [0.717, 1.165) is 31.6 Å². The summed E-state index contributed by atoms with van der Waals surface area (Å²) < 4.78 is 74.4. The van der Waals surface area contributed by atoms with Gasteiger partial charge in [0.25, 0.3) is 10.0 Å². The lowest BCUT2D eigenvalue weighted by molar-refractivity contribution is -0.137. The van der Waals surface area contributed by atoms with Gasteiger partial charge in [-0.1, -0.05) is 41.4 Å². The van der Waals surface area contributed by atoms with Crippen LogP contribution < -0.4 is 9.46 Å². The van der Waals surface area contributed by atoms with E-state index in [9.17, 15) is 21.6 Å². The highest BCUT2D eigenvalue weighted by Gasteiger charge is 2.34. The van der Waals surface area contributed by atoms with Crippen LogP contribution in [0.4, 0.5) is 18.9 Å². The summed E-state index contributed by atoms with van der Waals surface area (Å²) in [7, 11) is -2.17. The molecule has 1 atom stereocenters. The highest BCUT2D eigenvalue weighted by molar-refractivity contribution is 7.94. The number of likely N-dealkylation sites (tertiary alicyclic amines) is 1. The molecule has 0 bridgehead atoms. The Hall–Kier alpha value is -1.98. The number of alkyl halides is 3. The van der Waals surface area contributed by atoms with Gasteiger partial charge in [0.05, 0.1) is 16.3 Å². The van der Waals surface area contributed by atoms with E-state index in [1.54, 1.807) is 0 Å². The molecule has 182 valence electrons. The first-order valence-electron chi connectivity index (χ1n) is 10.1. The first-order valence-corrected chi connectivity index (χ1v) is 13.1. The quantitative estimate of drug-likeness (QED) is 0.374. The molecule has 0 aliphatic carbocycles. The molecule has 1 aromatic heterocycles. The zero-order valence-electron chi connectivity index (χ0n) is 17.7. The third kappa shape index (κ3) is 5.46. The van der Waals surface area contributed by atoms with Crippen LogP contribution in [0.3, 0.4) is 0 Å². The van der Waals surface area contributed by atoms with E-state index in [2.05, 4.69) is 9.62 Å². The molecule has 3 aromatic rings. The van der Waals surface area contributed by atoms with Gasteiger partial charge < -0.3 is 9.64 Å². The lowest BCUT2D eigenvalue weighted by Gasteiger charge is -2.16. The minimum atomic E-state index is -4.62. The molecule has 5 nitrogen and oxygen atoms in total. The number of sulfonamides is 1. The molecule has 1 aliphatic rings. The molecule has 0 spiro atoms. The predicted octanol–water partition coefficient (Wildman–Crippen LogP) is 6.62. The smallest absolute Gasteiger partial charge is 0.417 e. The van der Waals surface area contributed by atoms with E-state index in [-0.39, 0.29) is 31.5 Å². The van der Waals surface area contributed by atoms with Crippen LogP contribution in [-0.2, 0) is 16.2 Å². The number of thiophene rings is 1. The van der Waals surface area contributed by atoms with Crippen LogP contribution in [0.5, 0.6) is 5.75 Å². The molecule has 0 saturated carbocycles. The Kier molecular flexibility index (Phi) is 7.08. The number of nitrogens with zero attached hydrogens (tertiary/aromatic N) is 1. The summed E-state index contributed by atoms with van der Waals surface area (Å²) >= 11 is 13.1. The maximum absolute atomic E-state index is 13.4. The Bertz CT molecular complexity index is 1310. The van der Waals surface area contributed by atoms with Crippen LogP contribution in [0.1, 0.15) is 12.0 Å². The van der Waals surface area contributed by atoms with Crippen molar-refractivity contribution in [1.29, 1.82) is 0 Å². The first kappa shape index (κ1) is 25.1. The lowest BCUT2D eigenvalue weighted by Crippen LogP contribution is -2.21. The maximum atomic E-state index is 13.4. The summed E-state index contributed by atoms with van der Waals surface area (Å²) in [5.74, 6) is 0.339. The highest BCUT2D eigenvalue weighted by Crippen LogP contribution is 2.44. The number of hydrogen-bond donors (Lipinski definition) is 1. The molecule has 34 heavy (non-hydrogen) atoms. The van der Waals surface area contributed by atoms with Crippen LogP contribution >= 0.6 is 34.5 Å². The molecule has 1 unspecified atom stereocenters. The van der Waals surface area contributed by atoms with Crippen molar-refractivity contribution < 1.29 is 26.3 Å². The minimum Gasteiger partial charge on any atom is -0.487 e. The zero-order valence-corrected chi connectivity index (χ0v) is 20.8. The van der Waals surface area contributed by atoms with Crippen molar-refractivity contribution in [2.24, 2.45) is 0 Å². The number of halogens is 5. The molecule has 1 aliphatic heterocycles. The van der Waals surface area contributed by atoms with E-state index >= 15 is 0 Å². The monoisotopic (exact) mass is 550 g/mol. The summed E-state index contributed by atoms with van der Waals surface area (Å²) in [5.41, 5.74) is -0.900. The zero-order chi connectivity index (χ0) is 24.7. The summed E-state index contributed by atoms with van der Waals surface area (Å²) in [6.07, 6.45) is -3.87. The van der Waals surface area contributed by atoms with E-state index in [0.29, 0.717) is 22.1 Å². The molecule has 1 N–H and O–H groups in total. The molecule has 4 rings (SSSR count). The topological polar surface area (TPSA) is 58.6 Å². The van der Waals surface area contributed by atoms with Crippen LogP contribution in [0.15, 0.2) is 52.7 Å². The van der Waals surface area contributed by atoms with Crippen molar-refractivity contribution in [3.8, 4) is 16.9 Å².